The maximum atomic E-state index is 11.9. The zero-order valence-corrected chi connectivity index (χ0v) is 15.9. The average molecular weight is 397 g/mol. The van der Waals surface area contributed by atoms with Crippen LogP contribution in [0.25, 0.3) is 11.4 Å². The molecule has 0 spiro atoms. The molecule has 1 amide bonds. The molecule has 0 aliphatic carbocycles. The minimum atomic E-state index is 0. The first kappa shape index (κ1) is 20.4. The Hall–Kier alpha value is -1.89. The smallest absolute Gasteiger partial charge is 0.226 e. The van der Waals surface area contributed by atoms with Crippen molar-refractivity contribution in [2.75, 3.05) is 19.6 Å². The summed E-state index contributed by atoms with van der Waals surface area (Å²) in [4.78, 5) is 16.3. The lowest BCUT2D eigenvalue weighted by Gasteiger charge is -2.14. The van der Waals surface area contributed by atoms with Crippen LogP contribution in [0.2, 0.25) is 5.02 Å². The van der Waals surface area contributed by atoms with Gasteiger partial charge in [0.15, 0.2) is 0 Å². The SMILES string of the molecule is Cl.O=C(CCCc1nc(-c2ccc(Cl)cc2)no1)NCC1=CCNCC1. The molecule has 2 aromatic rings. The van der Waals surface area contributed by atoms with Crippen molar-refractivity contribution < 1.29 is 9.32 Å². The fourth-order valence-corrected chi connectivity index (χ4v) is 2.73. The number of nitrogens with zero attached hydrogens (tertiary/aromatic N) is 2. The molecule has 0 saturated carbocycles. The fourth-order valence-electron chi connectivity index (χ4n) is 2.60. The van der Waals surface area contributed by atoms with E-state index in [1.807, 2.05) is 12.1 Å². The van der Waals surface area contributed by atoms with Gasteiger partial charge >= 0.3 is 0 Å². The molecule has 2 heterocycles. The van der Waals surface area contributed by atoms with Crippen molar-refractivity contribution in [3.8, 4) is 11.4 Å². The molecule has 1 aromatic carbocycles. The molecule has 0 bridgehead atoms. The summed E-state index contributed by atoms with van der Waals surface area (Å²) in [6.45, 7) is 2.51. The molecule has 2 N–H and O–H groups in total. The molecule has 8 heteroatoms. The molecule has 6 nitrogen and oxygen atoms in total. The summed E-state index contributed by atoms with van der Waals surface area (Å²) in [6, 6.07) is 7.27. The molecule has 0 atom stereocenters. The zero-order valence-electron chi connectivity index (χ0n) is 14.3. The van der Waals surface area contributed by atoms with Gasteiger partial charge in [0.2, 0.25) is 17.6 Å². The van der Waals surface area contributed by atoms with Crippen molar-refractivity contribution in [3.63, 3.8) is 0 Å². The number of nitrogens with one attached hydrogen (secondary N) is 2. The largest absolute Gasteiger partial charge is 0.352 e. The van der Waals surface area contributed by atoms with Gasteiger partial charge in [0.1, 0.15) is 0 Å². The third kappa shape index (κ3) is 6.12. The highest BCUT2D eigenvalue weighted by Crippen LogP contribution is 2.19. The van der Waals surface area contributed by atoms with E-state index < -0.39 is 0 Å². The zero-order chi connectivity index (χ0) is 17.5. The predicted molar refractivity (Wildman–Crippen MR) is 104 cm³/mol. The monoisotopic (exact) mass is 396 g/mol. The lowest BCUT2D eigenvalue weighted by molar-refractivity contribution is -0.121. The average Bonchev–Trinajstić information content (AvgIpc) is 3.10. The van der Waals surface area contributed by atoms with Crippen LogP contribution in [0, 0.1) is 0 Å². The van der Waals surface area contributed by atoms with Gasteiger partial charge in [0.05, 0.1) is 0 Å². The summed E-state index contributed by atoms with van der Waals surface area (Å²) < 4.78 is 5.24. The van der Waals surface area contributed by atoms with Gasteiger partial charge in [-0.1, -0.05) is 28.4 Å². The minimum Gasteiger partial charge on any atom is -0.352 e. The van der Waals surface area contributed by atoms with Gasteiger partial charge in [-0.3, -0.25) is 4.79 Å². The number of aryl methyl sites for hydroxylation is 1. The molecule has 1 aliphatic rings. The third-order valence-electron chi connectivity index (χ3n) is 4.04. The topological polar surface area (TPSA) is 80.0 Å². The summed E-state index contributed by atoms with van der Waals surface area (Å²) >= 11 is 5.87. The van der Waals surface area contributed by atoms with Gasteiger partial charge in [-0.2, -0.15) is 4.98 Å². The number of halogens is 2. The maximum Gasteiger partial charge on any atom is 0.226 e. The van der Waals surface area contributed by atoms with E-state index in [9.17, 15) is 4.79 Å². The van der Waals surface area contributed by atoms with Gasteiger partial charge in [-0.25, -0.2) is 0 Å². The Bertz CT molecular complexity index is 744. The van der Waals surface area contributed by atoms with Gasteiger partial charge < -0.3 is 15.2 Å². The van der Waals surface area contributed by atoms with Crippen LogP contribution in [-0.4, -0.2) is 35.7 Å². The van der Waals surface area contributed by atoms with Gasteiger partial charge in [0.25, 0.3) is 0 Å². The van der Waals surface area contributed by atoms with Crippen molar-refractivity contribution >= 4 is 29.9 Å². The maximum absolute atomic E-state index is 11.9. The van der Waals surface area contributed by atoms with Crippen molar-refractivity contribution in [2.24, 2.45) is 0 Å². The Labute approximate surface area is 163 Å². The van der Waals surface area contributed by atoms with Crippen LogP contribution in [0.15, 0.2) is 40.4 Å². The Morgan fingerprint density at radius 3 is 2.85 bits per heavy atom. The fraction of sp³-hybridized carbons (Fsp3) is 0.389. The molecule has 26 heavy (non-hydrogen) atoms. The third-order valence-corrected chi connectivity index (χ3v) is 4.29. The lowest BCUT2D eigenvalue weighted by atomic mass is 10.1. The molecular weight excluding hydrogens is 375 g/mol. The standard InChI is InChI=1S/C18H21ClN4O2.ClH/c19-15-6-4-14(5-7-15)18-22-17(25-23-18)3-1-2-16(24)21-12-13-8-10-20-11-9-13;/h4-8,20H,1-3,9-12H2,(H,21,24);1H. The van der Waals surface area contributed by atoms with E-state index in [2.05, 4.69) is 26.9 Å². The highest BCUT2D eigenvalue weighted by molar-refractivity contribution is 6.30. The first-order valence-corrected chi connectivity index (χ1v) is 8.82. The van der Waals surface area contributed by atoms with E-state index >= 15 is 0 Å². The Morgan fingerprint density at radius 1 is 1.31 bits per heavy atom. The van der Waals surface area contributed by atoms with Crippen LogP contribution in [0.5, 0.6) is 0 Å². The van der Waals surface area contributed by atoms with Crippen LogP contribution in [0.3, 0.4) is 0 Å². The summed E-state index contributed by atoms with van der Waals surface area (Å²) in [6.07, 6.45) is 4.84. The molecule has 0 radical (unpaired) electrons. The van der Waals surface area contributed by atoms with Crippen molar-refractivity contribution in [1.29, 1.82) is 0 Å². The number of hydrogen-bond acceptors (Lipinski definition) is 5. The van der Waals surface area contributed by atoms with E-state index in [4.69, 9.17) is 16.1 Å². The van der Waals surface area contributed by atoms with E-state index in [-0.39, 0.29) is 18.3 Å². The highest BCUT2D eigenvalue weighted by Gasteiger charge is 2.10. The van der Waals surface area contributed by atoms with Gasteiger partial charge in [0, 0.05) is 36.5 Å². The normalized spacial score (nSPS) is 13.7. The van der Waals surface area contributed by atoms with E-state index in [1.54, 1.807) is 12.1 Å². The molecule has 140 valence electrons. The second-order valence-electron chi connectivity index (χ2n) is 5.97. The predicted octanol–water partition coefficient (Wildman–Crippen LogP) is 3.17. The summed E-state index contributed by atoms with van der Waals surface area (Å²) in [7, 11) is 0. The number of amides is 1. The minimum absolute atomic E-state index is 0. The number of carbonyl (C=O) groups excluding carboxylic acids is 1. The molecule has 0 saturated heterocycles. The quantitative estimate of drug-likeness (QED) is 0.702. The molecule has 1 aliphatic heterocycles. The van der Waals surface area contributed by atoms with E-state index in [0.717, 1.165) is 25.1 Å². The van der Waals surface area contributed by atoms with Crippen LogP contribution >= 0.6 is 24.0 Å². The van der Waals surface area contributed by atoms with Crippen LogP contribution in [0.4, 0.5) is 0 Å². The number of benzene rings is 1. The van der Waals surface area contributed by atoms with Gasteiger partial charge in [-0.05, 0) is 43.7 Å². The molecule has 0 unspecified atom stereocenters. The Kier molecular flexibility index (Phi) is 8.09. The Balaban J connectivity index is 0.00000243. The molecule has 1 aromatic heterocycles. The first-order valence-electron chi connectivity index (χ1n) is 8.44. The summed E-state index contributed by atoms with van der Waals surface area (Å²) in [5, 5.41) is 10.8. The van der Waals surface area contributed by atoms with Crippen LogP contribution in [-0.2, 0) is 11.2 Å². The van der Waals surface area contributed by atoms with Crippen molar-refractivity contribution in [2.45, 2.75) is 25.7 Å². The van der Waals surface area contributed by atoms with Crippen molar-refractivity contribution in [1.82, 2.24) is 20.8 Å². The second kappa shape index (κ2) is 10.3. The van der Waals surface area contributed by atoms with Crippen molar-refractivity contribution in [3.05, 3.63) is 46.8 Å². The number of hydrogen-bond donors (Lipinski definition) is 2. The van der Waals surface area contributed by atoms with E-state index in [1.165, 1.54) is 5.57 Å². The van der Waals surface area contributed by atoms with E-state index in [0.29, 0.717) is 42.5 Å². The van der Waals surface area contributed by atoms with Crippen LogP contribution < -0.4 is 10.6 Å². The second-order valence-corrected chi connectivity index (χ2v) is 6.40. The van der Waals surface area contributed by atoms with Gasteiger partial charge in [-0.15, -0.1) is 12.4 Å². The highest BCUT2D eigenvalue weighted by atomic mass is 35.5. The Morgan fingerprint density at radius 2 is 2.12 bits per heavy atom. The summed E-state index contributed by atoms with van der Waals surface area (Å²) in [5.74, 6) is 1.13. The summed E-state index contributed by atoms with van der Waals surface area (Å²) in [5.41, 5.74) is 2.14. The molecular formula is C18H22Cl2N4O2. The number of rotatable bonds is 7. The molecule has 0 fully saturated rings. The number of aromatic nitrogens is 2. The van der Waals surface area contributed by atoms with Crippen LogP contribution in [0.1, 0.15) is 25.2 Å². The lowest BCUT2D eigenvalue weighted by Crippen LogP contribution is -2.29. The number of carbonyl (C=O) groups is 1. The first-order chi connectivity index (χ1) is 12.2. The molecule has 3 rings (SSSR count).